The quantitative estimate of drug-likeness (QED) is 0.843. The third-order valence-electron chi connectivity index (χ3n) is 2.45. The molecule has 0 aromatic heterocycles. The SMILES string of the molecule is Nc1cc(S(=O)(=O)Nc2cc(F)ccc2Cl)ccc1Cl. The molecule has 106 valence electrons. The van der Waals surface area contributed by atoms with Crippen molar-refractivity contribution in [2.24, 2.45) is 0 Å². The van der Waals surface area contributed by atoms with E-state index < -0.39 is 15.8 Å². The molecule has 3 N–H and O–H groups in total. The lowest BCUT2D eigenvalue weighted by Crippen LogP contribution is -2.13. The van der Waals surface area contributed by atoms with Gasteiger partial charge in [-0.15, -0.1) is 0 Å². The smallest absolute Gasteiger partial charge is 0.262 e. The molecule has 0 saturated carbocycles. The Bertz CT molecular complexity index is 766. The highest BCUT2D eigenvalue weighted by atomic mass is 35.5. The van der Waals surface area contributed by atoms with Gasteiger partial charge in [0.05, 0.1) is 26.3 Å². The summed E-state index contributed by atoms with van der Waals surface area (Å²) in [5.74, 6) is -0.609. The molecule has 0 heterocycles. The van der Waals surface area contributed by atoms with Crippen LogP contribution in [0.15, 0.2) is 41.3 Å². The number of hydrogen-bond acceptors (Lipinski definition) is 3. The van der Waals surface area contributed by atoms with E-state index in [2.05, 4.69) is 4.72 Å². The van der Waals surface area contributed by atoms with E-state index in [0.29, 0.717) is 0 Å². The molecule has 2 aromatic rings. The van der Waals surface area contributed by atoms with E-state index in [-0.39, 0.29) is 26.3 Å². The number of rotatable bonds is 3. The van der Waals surface area contributed by atoms with Crippen LogP contribution in [0.1, 0.15) is 0 Å². The summed E-state index contributed by atoms with van der Waals surface area (Å²) < 4.78 is 39.6. The average Bonchev–Trinajstić information content (AvgIpc) is 2.36. The molecular weight excluding hydrogens is 326 g/mol. The first-order valence-corrected chi connectivity index (χ1v) is 7.56. The summed E-state index contributed by atoms with van der Waals surface area (Å²) in [7, 11) is -3.93. The van der Waals surface area contributed by atoms with E-state index in [1.165, 1.54) is 24.3 Å². The maximum absolute atomic E-state index is 13.1. The van der Waals surface area contributed by atoms with Crippen molar-refractivity contribution in [2.45, 2.75) is 4.90 Å². The van der Waals surface area contributed by atoms with E-state index in [4.69, 9.17) is 28.9 Å². The largest absolute Gasteiger partial charge is 0.397 e. The molecule has 0 amide bonds. The van der Waals surface area contributed by atoms with Crippen molar-refractivity contribution in [1.82, 2.24) is 0 Å². The van der Waals surface area contributed by atoms with Gasteiger partial charge < -0.3 is 5.73 Å². The van der Waals surface area contributed by atoms with Crippen LogP contribution >= 0.6 is 23.2 Å². The van der Waals surface area contributed by atoms with E-state index in [9.17, 15) is 12.8 Å². The van der Waals surface area contributed by atoms with Gasteiger partial charge in [0.25, 0.3) is 10.0 Å². The summed E-state index contributed by atoms with van der Waals surface area (Å²) in [5, 5.41) is 0.324. The van der Waals surface area contributed by atoms with Crippen molar-refractivity contribution < 1.29 is 12.8 Å². The highest BCUT2D eigenvalue weighted by molar-refractivity contribution is 7.92. The average molecular weight is 335 g/mol. The van der Waals surface area contributed by atoms with E-state index in [1.807, 2.05) is 0 Å². The van der Waals surface area contributed by atoms with Crippen molar-refractivity contribution in [2.75, 3.05) is 10.5 Å². The summed E-state index contributed by atoms with van der Waals surface area (Å²) in [6.07, 6.45) is 0. The second kappa shape index (κ2) is 5.47. The number of nitrogens with two attached hydrogens (primary N) is 1. The molecule has 20 heavy (non-hydrogen) atoms. The van der Waals surface area contributed by atoms with Gasteiger partial charge in [-0.05, 0) is 36.4 Å². The maximum Gasteiger partial charge on any atom is 0.262 e. The summed E-state index contributed by atoms with van der Waals surface area (Å²) >= 11 is 11.5. The molecule has 0 spiro atoms. The number of benzene rings is 2. The Labute approximate surface area is 125 Å². The van der Waals surface area contributed by atoms with Gasteiger partial charge in [0, 0.05) is 0 Å². The summed E-state index contributed by atoms with van der Waals surface area (Å²) in [5.41, 5.74) is 5.62. The van der Waals surface area contributed by atoms with Gasteiger partial charge in [0.15, 0.2) is 0 Å². The van der Waals surface area contributed by atoms with Crippen LogP contribution in [-0.2, 0) is 10.0 Å². The first-order chi connectivity index (χ1) is 9.29. The second-order valence-electron chi connectivity index (χ2n) is 3.91. The fraction of sp³-hybridized carbons (Fsp3) is 0. The number of sulfonamides is 1. The summed E-state index contributed by atoms with van der Waals surface area (Å²) in [4.78, 5) is -0.0975. The fourth-order valence-electron chi connectivity index (χ4n) is 1.47. The molecule has 2 rings (SSSR count). The van der Waals surface area contributed by atoms with Gasteiger partial charge in [-0.1, -0.05) is 23.2 Å². The van der Waals surface area contributed by atoms with Gasteiger partial charge in [0.1, 0.15) is 5.82 Å². The minimum Gasteiger partial charge on any atom is -0.397 e. The van der Waals surface area contributed by atoms with Crippen molar-refractivity contribution in [3.63, 3.8) is 0 Å². The van der Waals surface area contributed by atoms with Crippen LogP contribution < -0.4 is 10.5 Å². The van der Waals surface area contributed by atoms with Crippen molar-refractivity contribution >= 4 is 44.6 Å². The number of hydrogen-bond donors (Lipinski definition) is 2. The molecule has 0 saturated heterocycles. The highest BCUT2D eigenvalue weighted by Crippen LogP contribution is 2.27. The maximum atomic E-state index is 13.1. The predicted molar refractivity (Wildman–Crippen MR) is 78.1 cm³/mol. The van der Waals surface area contributed by atoms with E-state index in [0.717, 1.165) is 12.1 Å². The van der Waals surface area contributed by atoms with Crippen LogP contribution in [-0.4, -0.2) is 8.42 Å². The molecule has 2 aromatic carbocycles. The van der Waals surface area contributed by atoms with Gasteiger partial charge in [-0.2, -0.15) is 0 Å². The highest BCUT2D eigenvalue weighted by Gasteiger charge is 2.17. The fourth-order valence-corrected chi connectivity index (χ4v) is 2.91. The van der Waals surface area contributed by atoms with Crippen molar-refractivity contribution in [1.29, 1.82) is 0 Å². The third-order valence-corrected chi connectivity index (χ3v) is 4.49. The Balaban J connectivity index is 2.40. The molecule has 0 unspecified atom stereocenters. The minimum absolute atomic E-state index is 0.0554. The molecule has 0 aliphatic carbocycles. The lowest BCUT2D eigenvalue weighted by molar-refractivity contribution is 0.601. The van der Waals surface area contributed by atoms with Gasteiger partial charge in [-0.3, -0.25) is 4.72 Å². The molecule has 0 aliphatic heterocycles. The Hall–Kier alpha value is -1.50. The van der Waals surface area contributed by atoms with Crippen LogP contribution in [0.2, 0.25) is 10.0 Å². The zero-order valence-electron chi connectivity index (χ0n) is 9.90. The first kappa shape index (κ1) is 14.9. The second-order valence-corrected chi connectivity index (χ2v) is 6.41. The number of anilines is 2. The molecule has 0 bridgehead atoms. The zero-order valence-corrected chi connectivity index (χ0v) is 12.2. The zero-order chi connectivity index (χ0) is 14.9. The van der Waals surface area contributed by atoms with Crippen LogP contribution in [0.4, 0.5) is 15.8 Å². The van der Waals surface area contributed by atoms with Crippen LogP contribution in [0.3, 0.4) is 0 Å². The van der Waals surface area contributed by atoms with Gasteiger partial charge in [-0.25, -0.2) is 12.8 Å². The molecule has 0 fully saturated rings. The predicted octanol–water partition coefficient (Wildman–Crippen LogP) is 3.52. The van der Waals surface area contributed by atoms with Crippen molar-refractivity contribution in [3.05, 3.63) is 52.3 Å². The molecule has 0 atom stereocenters. The molecule has 0 aliphatic rings. The van der Waals surface area contributed by atoms with Crippen LogP contribution in [0.25, 0.3) is 0 Å². The normalized spacial score (nSPS) is 11.3. The lowest BCUT2D eigenvalue weighted by atomic mass is 10.3. The van der Waals surface area contributed by atoms with Crippen LogP contribution in [0.5, 0.6) is 0 Å². The Kier molecular flexibility index (Phi) is 4.08. The monoisotopic (exact) mass is 334 g/mol. The molecule has 0 radical (unpaired) electrons. The molecular formula is C12H9Cl2FN2O2S. The standard InChI is InChI=1S/C12H9Cl2FN2O2S/c13-9-4-2-8(6-11(9)16)20(18,19)17-12-5-7(15)1-3-10(12)14/h1-6,17H,16H2. The Morgan fingerprint density at radius 2 is 1.70 bits per heavy atom. The number of halogens is 3. The minimum atomic E-state index is -3.93. The van der Waals surface area contributed by atoms with E-state index >= 15 is 0 Å². The molecule has 4 nitrogen and oxygen atoms in total. The summed E-state index contributed by atoms with van der Waals surface area (Å²) in [6.45, 7) is 0. The topological polar surface area (TPSA) is 72.2 Å². The van der Waals surface area contributed by atoms with Gasteiger partial charge >= 0.3 is 0 Å². The Morgan fingerprint density at radius 3 is 2.35 bits per heavy atom. The summed E-state index contributed by atoms with van der Waals surface area (Å²) in [6, 6.07) is 7.22. The number of nitrogen functional groups attached to an aromatic ring is 1. The first-order valence-electron chi connectivity index (χ1n) is 5.32. The Morgan fingerprint density at radius 1 is 1.05 bits per heavy atom. The molecule has 8 heteroatoms. The van der Waals surface area contributed by atoms with E-state index in [1.54, 1.807) is 0 Å². The lowest BCUT2D eigenvalue weighted by Gasteiger charge is -2.10. The third kappa shape index (κ3) is 3.15. The van der Waals surface area contributed by atoms with Crippen LogP contribution in [0, 0.1) is 5.82 Å². The van der Waals surface area contributed by atoms with Gasteiger partial charge in [0.2, 0.25) is 0 Å². The van der Waals surface area contributed by atoms with Crippen molar-refractivity contribution in [3.8, 4) is 0 Å². The number of nitrogens with one attached hydrogen (secondary N) is 1.